The molecule has 0 radical (unpaired) electrons. The third-order valence-corrected chi connectivity index (χ3v) is 6.81. The van der Waals surface area contributed by atoms with Crippen molar-refractivity contribution in [1.82, 2.24) is 8.61 Å². The van der Waals surface area contributed by atoms with Crippen LogP contribution in [0.2, 0.25) is 0 Å². The summed E-state index contributed by atoms with van der Waals surface area (Å²) in [7, 11) is -1.97. The summed E-state index contributed by atoms with van der Waals surface area (Å²) in [6.45, 7) is 7.44. The summed E-state index contributed by atoms with van der Waals surface area (Å²) >= 11 is 0. The lowest BCUT2D eigenvalue weighted by atomic mass is 10.0. The summed E-state index contributed by atoms with van der Waals surface area (Å²) in [5.74, 6) is 0.742. The second kappa shape index (κ2) is 8.78. The number of benzene rings is 2. The van der Waals surface area contributed by atoms with Crippen LogP contribution in [0.1, 0.15) is 32.8 Å². The van der Waals surface area contributed by atoms with E-state index < -0.39 is 10.2 Å². The normalized spacial score (nSPS) is 21.3. The van der Waals surface area contributed by atoms with E-state index in [1.54, 1.807) is 7.05 Å². The first-order valence-corrected chi connectivity index (χ1v) is 11.2. The molecule has 28 heavy (non-hydrogen) atoms. The van der Waals surface area contributed by atoms with Crippen LogP contribution < -0.4 is 4.74 Å². The zero-order valence-corrected chi connectivity index (χ0v) is 17.9. The van der Waals surface area contributed by atoms with Gasteiger partial charge in [-0.05, 0) is 37.1 Å². The lowest BCUT2D eigenvalue weighted by Crippen LogP contribution is -2.52. The van der Waals surface area contributed by atoms with Crippen LogP contribution in [0.4, 0.5) is 0 Å². The molecule has 6 nitrogen and oxygen atoms in total. The van der Waals surface area contributed by atoms with Crippen LogP contribution in [0, 0.1) is 0 Å². The van der Waals surface area contributed by atoms with Gasteiger partial charge < -0.3 is 9.47 Å². The van der Waals surface area contributed by atoms with E-state index in [-0.39, 0.29) is 18.8 Å². The quantitative estimate of drug-likeness (QED) is 0.707. The molecular formula is C21H30N2O4S. The van der Waals surface area contributed by atoms with Crippen molar-refractivity contribution in [3.05, 3.63) is 42.0 Å². The first-order valence-electron chi connectivity index (χ1n) is 9.83. The highest BCUT2D eigenvalue weighted by atomic mass is 32.2. The molecule has 1 aliphatic rings. The molecule has 154 valence electrons. The number of ether oxygens (including phenoxy) is 2. The predicted molar refractivity (Wildman–Crippen MR) is 112 cm³/mol. The van der Waals surface area contributed by atoms with Crippen molar-refractivity contribution in [3.8, 4) is 5.75 Å². The monoisotopic (exact) mass is 406 g/mol. The number of nitrogens with zero attached hydrogens (tertiary/aromatic N) is 2. The fourth-order valence-corrected chi connectivity index (χ4v) is 5.13. The molecule has 2 aromatic rings. The molecule has 2 atom stereocenters. The van der Waals surface area contributed by atoms with Crippen LogP contribution in [0.5, 0.6) is 5.75 Å². The molecule has 0 amide bonds. The van der Waals surface area contributed by atoms with Gasteiger partial charge in [-0.3, -0.25) is 0 Å². The molecular weight excluding hydrogens is 376 g/mol. The number of morpholine rings is 1. The van der Waals surface area contributed by atoms with E-state index in [0.29, 0.717) is 19.7 Å². The van der Waals surface area contributed by atoms with Crippen molar-refractivity contribution < 1.29 is 17.9 Å². The molecule has 1 aliphatic heterocycles. The molecule has 0 aromatic heterocycles. The van der Waals surface area contributed by atoms with E-state index in [1.165, 1.54) is 8.61 Å². The first-order chi connectivity index (χ1) is 13.3. The van der Waals surface area contributed by atoms with Crippen molar-refractivity contribution in [1.29, 1.82) is 0 Å². The van der Waals surface area contributed by atoms with Gasteiger partial charge in [-0.1, -0.05) is 37.3 Å². The Morgan fingerprint density at radius 3 is 2.50 bits per heavy atom. The number of hydrogen-bond acceptors (Lipinski definition) is 4. The summed E-state index contributed by atoms with van der Waals surface area (Å²) < 4.78 is 40.9. The lowest BCUT2D eigenvalue weighted by molar-refractivity contribution is -0.0453. The van der Waals surface area contributed by atoms with Gasteiger partial charge in [0.05, 0.1) is 18.8 Å². The summed E-state index contributed by atoms with van der Waals surface area (Å²) in [5, 5.41) is 2.09. The van der Waals surface area contributed by atoms with Gasteiger partial charge >= 0.3 is 0 Å². The van der Waals surface area contributed by atoms with Crippen LogP contribution in [0.15, 0.2) is 36.4 Å². The Morgan fingerprint density at radius 2 is 1.82 bits per heavy atom. The molecule has 3 rings (SSSR count). The van der Waals surface area contributed by atoms with E-state index in [2.05, 4.69) is 6.92 Å². The van der Waals surface area contributed by atoms with E-state index in [4.69, 9.17) is 9.47 Å². The number of hydrogen-bond donors (Lipinski definition) is 0. The van der Waals surface area contributed by atoms with Crippen LogP contribution in [0.3, 0.4) is 0 Å². The minimum atomic E-state index is -3.60. The molecule has 2 aromatic carbocycles. The van der Waals surface area contributed by atoms with Gasteiger partial charge in [0, 0.05) is 32.2 Å². The van der Waals surface area contributed by atoms with Crippen LogP contribution >= 0.6 is 0 Å². The Bertz CT molecular complexity index is 906. The van der Waals surface area contributed by atoms with E-state index in [0.717, 1.165) is 28.5 Å². The minimum absolute atomic E-state index is 0.118. The fourth-order valence-electron chi connectivity index (χ4n) is 3.65. The second-order valence-electron chi connectivity index (χ2n) is 7.45. The Hall–Kier alpha value is -1.67. The Balaban J connectivity index is 1.92. The second-order valence-corrected chi connectivity index (χ2v) is 9.49. The molecule has 0 saturated carbocycles. The van der Waals surface area contributed by atoms with Crippen molar-refractivity contribution in [3.63, 3.8) is 0 Å². The highest BCUT2D eigenvalue weighted by Crippen LogP contribution is 2.30. The zero-order chi connectivity index (χ0) is 20.3. The largest absolute Gasteiger partial charge is 0.493 e. The molecule has 0 bridgehead atoms. The minimum Gasteiger partial charge on any atom is -0.493 e. The summed E-state index contributed by atoms with van der Waals surface area (Å²) in [6.07, 6.45) is 0.658. The van der Waals surface area contributed by atoms with Crippen LogP contribution in [-0.4, -0.2) is 56.0 Å². The summed E-state index contributed by atoms with van der Waals surface area (Å²) in [4.78, 5) is 0. The molecule has 0 spiro atoms. The standard InChI is InChI=1S/C21H30N2O4S/c1-5-12-26-21-11-10-18-8-6-7-9-19(18)20(21)15-22(4)28(24,25)23-13-16(2)27-17(3)14-23/h6-11,16-17H,5,12-15H2,1-4H3. The Labute approximate surface area is 168 Å². The Kier molecular flexibility index (Phi) is 6.60. The number of fused-ring (bicyclic) bond motifs is 1. The lowest BCUT2D eigenvalue weighted by Gasteiger charge is -2.36. The average Bonchev–Trinajstić information content (AvgIpc) is 2.66. The highest BCUT2D eigenvalue weighted by molar-refractivity contribution is 7.86. The summed E-state index contributed by atoms with van der Waals surface area (Å²) in [6, 6.07) is 12.0. The molecule has 1 saturated heterocycles. The fraction of sp³-hybridized carbons (Fsp3) is 0.524. The highest BCUT2D eigenvalue weighted by Gasteiger charge is 2.34. The van der Waals surface area contributed by atoms with Gasteiger partial charge in [0.2, 0.25) is 0 Å². The van der Waals surface area contributed by atoms with Gasteiger partial charge in [-0.15, -0.1) is 0 Å². The molecule has 0 N–H and O–H groups in total. The van der Waals surface area contributed by atoms with Gasteiger partial charge in [-0.25, -0.2) is 0 Å². The van der Waals surface area contributed by atoms with E-state index in [9.17, 15) is 8.42 Å². The van der Waals surface area contributed by atoms with Crippen molar-refractivity contribution in [2.24, 2.45) is 0 Å². The van der Waals surface area contributed by atoms with Crippen molar-refractivity contribution >= 4 is 21.0 Å². The van der Waals surface area contributed by atoms with Crippen molar-refractivity contribution in [2.45, 2.75) is 45.9 Å². The van der Waals surface area contributed by atoms with Crippen LogP contribution in [-0.2, 0) is 21.5 Å². The van der Waals surface area contributed by atoms with E-state index >= 15 is 0 Å². The maximum absolute atomic E-state index is 13.2. The smallest absolute Gasteiger partial charge is 0.282 e. The molecule has 7 heteroatoms. The zero-order valence-electron chi connectivity index (χ0n) is 17.1. The number of rotatable bonds is 7. The van der Waals surface area contributed by atoms with E-state index in [1.807, 2.05) is 50.2 Å². The first kappa shape index (κ1) is 21.0. The molecule has 0 aliphatic carbocycles. The topological polar surface area (TPSA) is 59.1 Å². The molecule has 1 fully saturated rings. The van der Waals surface area contributed by atoms with Gasteiger partial charge in [-0.2, -0.15) is 17.0 Å². The van der Waals surface area contributed by atoms with Crippen LogP contribution in [0.25, 0.3) is 10.8 Å². The van der Waals surface area contributed by atoms with Gasteiger partial charge in [0.25, 0.3) is 10.2 Å². The van der Waals surface area contributed by atoms with Crippen molar-refractivity contribution in [2.75, 3.05) is 26.7 Å². The van der Waals surface area contributed by atoms with Gasteiger partial charge in [0.15, 0.2) is 0 Å². The third-order valence-electron chi connectivity index (χ3n) is 4.95. The maximum atomic E-state index is 13.2. The van der Waals surface area contributed by atoms with Gasteiger partial charge in [0.1, 0.15) is 5.75 Å². The third kappa shape index (κ3) is 4.49. The average molecular weight is 407 g/mol. The predicted octanol–water partition coefficient (Wildman–Crippen LogP) is 3.41. The SMILES string of the molecule is CCCOc1ccc2ccccc2c1CN(C)S(=O)(=O)N1CC(C)OC(C)C1. The molecule has 1 heterocycles. The molecule has 2 unspecified atom stereocenters. The maximum Gasteiger partial charge on any atom is 0.282 e. The summed E-state index contributed by atoms with van der Waals surface area (Å²) in [5.41, 5.74) is 0.895. The Morgan fingerprint density at radius 1 is 1.14 bits per heavy atom.